The molecule has 0 bridgehead atoms. The van der Waals surface area contributed by atoms with Crippen molar-refractivity contribution in [2.45, 2.75) is 12.3 Å². The molecule has 19 heavy (non-hydrogen) atoms. The van der Waals surface area contributed by atoms with E-state index in [1.165, 1.54) is 12.1 Å². The van der Waals surface area contributed by atoms with Gasteiger partial charge < -0.3 is 5.11 Å². The van der Waals surface area contributed by atoms with Gasteiger partial charge in [-0.05, 0) is 36.2 Å². The molecular weight excluding hydrogens is 260 g/mol. The fraction of sp³-hybridized carbons (Fsp3) is 0.188. The summed E-state index contributed by atoms with van der Waals surface area (Å²) in [5.41, 5.74) is 1.57. The fourth-order valence-corrected chi connectivity index (χ4v) is 2.29. The number of hydrogen-bond acceptors (Lipinski definition) is 2. The second-order valence-electron chi connectivity index (χ2n) is 4.35. The van der Waals surface area contributed by atoms with Crippen LogP contribution in [0.15, 0.2) is 54.6 Å². The molecule has 0 radical (unpaired) electrons. The van der Waals surface area contributed by atoms with Gasteiger partial charge >= 0.3 is 0 Å². The Labute approximate surface area is 117 Å². The van der Waals surface area contributed by atoms with Crippen molar-refractivity contribution in [3.8, 4) is 5.75 Å². The minimum atomic E-state index is -0.233. The van der Waals surface area contributed by atoms with Crippen LogP contribution in [-0.4, -0.2) is 16.8 Å². The quantitative estimate of drug-likeness (QED) is 0.661. The predicted octanol–water partition coefficient (Wildman–Crippen LogP) is 3.99. The largest absolute Gasteiger partial charge is 0.508 e. The first-order valence-corrected chi connectivity index (χ1v) is 6.70. The number of rotatable bonds is 5. The van der Waals surface area contributed by atoms with Crippen molar-refractivity contribution in [1.82, 2.24) is 0 Å². The van der Waals surface area contributed by atoms with E-state index in [-0.39, 0.29) is 17.5 Å². The molecule has 0 spiro atoms. The third-order valence-corrected chi connectivity index (χ3v) is 3.29. The molecule has 2 aromatic carbocycles. The number of phenols is 1. The van der Waals surface area contributed by atoms with Crippen LogP contribution in [0.1, 0.15) is 28.3 Å². The second-order valence-corrected chi connectivity index (χ2v) is 4.73. The number of ketones is 1. The smallest absolute Gasteiger partial charge is 0.170 e. The lowest BCUT2D eigenvalue weighted by Gasteiger charge is -2.15. The van der Waals surface area contributed by atoms with Crippen molar-refractivity contribution >= 4 is 17.4 Å². The Morgan fingerprint density at radius 1 is 1.05 bits per heavy atom. The van der Waals surface area contributed by atoms with Crippen LogP contribution in [0.5, 0.6) is 5.75 Å². The van der Waals surface area contributed by atoms with Crippen molar-refractivity contribution in [1.29, 1.82) is 0 Å². The summed E-state index contributed by atoms with van der Waals surface area (Å²) in [4.78, 5) is 12.5. The molecule has 1 unspecified atom stereocenters. The zero-order valence-corrected chi connectivity index (χ0v) is 11.2. The molecule has 0 amide bonds. The van der Waals surface area contributed by atoms with E-state index in [0.29, 0.717) is 17.9 Å². The van der Waals surface area contributed by atoms with Crippen LogP contribution in [0, 0.1) is 0 Å². The molecule has 1 atom stereocenters. The highest BCUT2D eigenvalue weighted by molar-refractivity contribution is 6.18. The summed E-state index contributed by atoms with van der Waals surface area (Å²) < 4.78 is 0. The van der Waals surface area contributed by atoms with Gasteiger partial charge in [-0.2, -0.15) is 0 Å². The summed E-state index contributed by atoms with van der Waals surface area (Å²) in [6, 6.07) is 16.0. The van der Waals surface area contributed by atoms with E-state index >= 15 is 0 Å². The Morgan fingerprint density at radius 2 is 1.68 bits per heavy atom. The van der Waals surface area contributed by atoms with E-state index in [0.717, 1.165) is 5.56 Å². The second kappa shape index (κ2) is 6.39. The van der Waals surface area contributed by atoms with E-state index in [1.54, 1.807) is 12.1 Å². The van der Waals surface area contributed by atoms with Gasteiger partial charge in [0.2, 0.25) is 0 Å². The molecule has 0 aromatic heterocycles. The molecule has 0 saturated heterocycles. The van der Waals surface area contributed by atoms with Gasteiger partial charge in [-0.3, -0.25) is 4.79 Å². The maximum atomic E-state index is 12.5. The number of aromatic hydroxyl groups is 1. The summed E-state index contributed by atoms with van der Waals surface area (Å²) in [5, 5.41) is 9.27. The Hall–Kier alpha value is -1.80. The van der Waals surface area contributed by atoms with Gasteiger partial charge in [0.05, 0.1) is 0 Å². The number of halogens is 1. The van der Waals surface area contributed by atoms with Crippen LogP contribution in [0.3, 0.4) is 0 Å². The molecule has 2 nitrogen and oxygen atoms in total. The SMILES string of the molecule is O=C(c1ccc(O)cc1)C(CCCl)c1ccccc1. The topological polar surface area (TPSA) is 37.3 Å². The summed E-state index contributed by atoms with van der Waals surface area (Å²) >= 11 is 5.81. The van der Waals surface area contributed by atoms with Crippen LogP contribution in [-0.2, 0) is 0 Å². The lowest BCUT2D eigenvalue weighted by molar-refractivity contribution is 0.0957. The molecule has 0 aliphatic carbocycles. The first kappa shape index (κ1) is 13.6. The van der Waals surface area contributed by atoms with E-state index in [2.05, 4.69) is 0 Å². The normalized spacial score (nSPS) is 12.1. The first-order valence-electron chi connectivity index (χ1n) is 6.16. The van der Waals surface area contributed by atoms with Crippen molar-refractivity contribution in [2.24, 2.45) is 0 Å². The number of carbonyl (C=O) groups is 1. The minimum Gasteiger partial charge on any atom is -0.508 e. The van der Waals surface area contributed by atoms with Crippen LogP contribution >= 0.6 is 11.6 Å². The lowest BCUT2D eigenvalue weighted by Crippen LogP contribution is -2.13. The number of carbonyl (C=O) groups excluding carboxylic acids is 1. The van der Waals surface area contributed by atoms with Crippen LogP contribution < -0.4 is 0 Å². The summed E-state index contributed by atoms with van der Waals surface area (Å²) in [5.74, 6) is 0.392. The summed E-state index contributed by atoms with van der Waals surface area (Å²) in [6.45, 7) is 0. The number of hydrogen-bond donors (Lipinski definition) is 1. The Balaban J connectivity index is 2.29. The third-order valence-electron chi connectivity index (χ3n) is 3.07. The van der Waals surface area contributed by atoms with Gasteiger partial charge in [-0.15, -0.1) is 11.6 Å². The highest BCUT2D eigenvalue weighted by atomic mass is 35.5. The Kier molecular flexibility index (Phi) is 4.58. The zero-order chi connectivity index (χ0) is 13.7. The van der Waals surface area contributed by atoms with Gasteiger partial charge in [0, 0.05) is 17.4 Å². The molecule has 0 aliphatic heterocycles. The molecule has 98 valence electrons. The van der Waals surface area contributed by atoms with Gasteiger partial charge in [-0.25, -0.2) is 0 Å². The number of alkyl halides is 1. The fourth-order valence-electron chi connectivity index (χ4n) is 2.07. The highest BCUT2D eigenvalue weighted by Gasteiger charge is 2.21. The molecule has 0 aliphatic rings. The van der Waals surface area contributed by atoms with Gasteiger partial charge in [-0.1, -0.05) is 30.3 Å². The molecule has 0 heterocycles. The Bertz CT molecular complexity index is 534. The number of benzene rings is 2. The van der Waals surface area contributed by atoms with Gasteiger partial charge in [0.15, 0.2) is 5.78 Å². The van der Waals surface area contributed by atoms with Gasteiger partial charge in [0.25, 0.3) is 0 Å². The minimum absolute atomic E-state index is 0.0341. The maximum absolute atomic E-state index is 12.5. The van der Waals surface area contributed by atoms with Crippen molar-refractivity contribution in [2.75, 3.05) is 5.88 Å². The molecule has 0 saturated carbocycles. The van der Waals surface area contributed by atoms with Crippen LogP contribution in [0.2, 0.25) is 0 Å². The van der Waals surface area contributed by atoms with Crippen molar-refractivity contribution < 1.29 is 9.90 Å². The standard InChI is InChI=1S/C16H15ClO2/c17-11-10-15(12-4-2-1-3-5-12)16(19)13-6-8-14(18)9-7-13/h1-9,15,18H,10-11H2. The van der Waals surface area contributed by atoms with E-state index < -0.39 is 0 Å². The van der Waals surface area contributed by atoms with Crippen LogP contribution in [0.4, 0.5) is 0 Å². The van der Waals surface area contributed by atoms with Gasteiger partial charge in [0.1, 0.15) is 5.75 Å². The lowest BCUT2D eigenvalue weighted by atomic mass is 9.88. The zero-order valence-electron chi connectivity index (χ0n) is 10.4. The molecule has 0 fully saturated rings. The van der Waals surface area contributed by atoms with E-state index in [9.17, 15) is 9.90 Å². The average Bonchev–Trinajstić information content (AvgIpc) is 2.46. The van der Waals surface area contributed by atoms with Crippen LogP contribution in [0.25, 0.3) is 0 Å². The molecular formula is C16H15ClO2. The maximum Gasteiger partial charge on any atom is 0.170 e. The third kappa shape index (κ3) is 3.36. The Morgan fingerprint density at radius 3 is 2.26 bits per heavy atom. The van der Waals surface area contributed by atoms with E-state index in [1.807, 2.05) is 30.3 Å². The van der Waals surface area contributed by atoms with Crippen molar-refractivity contribution in [3.05, 3.63) is 65.7 Å². The molecule has 2 aromatic rings. The average molecular weight is 275 g/mol. The summed E-state index contributed by atoms with van der Waals surface area (Å²) in [7, 11) is 0. The first-order chi connectivity index (χ1) is 9.22. The summed E-state index contributed by atoms with van der Waals surface area (Å²) in [6.07, 6.45) is 0.602. The van der Waals surface area contributed by atoms with E-state index in [4.69, 9.17) is 11.6 Å². The van der Waals surface area contributed by atoms with Crippen molar-refractivity contribution in [3.63, 3.8) is 0 Å². The monoisotopic (exact) mass is 274 g/mol. The number of phenolic OH excluding ortho intramolecular Hbond substituents is 1. The molecule has 1 N–H and O–H groups in total. The highest BCUT2D eigenvalue weighted by Crippen LogP contribution is 2.25. The number of Topliss-reactive ketones (excluding diaryl/α,β-unsaturated/α-hetero) is 1. The molecule has 2 rings (SSSR count). The predicted molar refractivity (Wildman–Crippen MR) is 77.0 cm³/mol. The molecule has 3 heteroatoms.